The van der Waals surface area contributed by atoms with E-state index in [0.717, 1.165) is 39.1 Å². The average molecular weight is 417 g/mol. The minimum Gasteiger partial charge on any atom is -0.497 e. The first-order chi connectivity index (χ1) is 14.7. The first-order valence-electron chi connectivity index (χ1n) is 9.35. The Morgan fingerprint density at radius 1 is 1.03 bits per heavy atom. The van der Waals surface area contributed by atoms with Gasteiger partial charge in [-0.05, 0) is 42.0 Å². The maximum Gasteiger partial charge on any atom is 0.228 e. The number of methoxy groups -OCH3 is 1. The van der Waals surface area contributed by atoms with E-state index in [-0.39, 0.29) is 5.91 Å². The van der Waals surface area contributed by atoms with Crippen LogP contribution < -0.4 is 15.4 Å². The van der Waals surface area contributed by atoms with Crippen LogP contribution in [0.25, 0.3) is 11.3 Å². The topological polar surface area (TPSA) is 76.1 Å². The fraction of sp³-hybridized carbons (Fsp3) is 0.0870. The number of thiazole rings is 1. The van der Waals surface area contributed by atoms with E-state index in [9.17, 15) is 4.79 Å². The molecule has 4 rings (SSSR count). The molecule has 2 aromatic heterocycles. The minimum absolute atomic E-state index is 0.0652. The van der Waals surface area contributed by atoms with Gasteiger partial charge in [-0.2, -0.15) is 0 Å². The fourth-order valence-electron chi connectivity index (χ4n) is 2.88. The van der Waals surface area contributed by atoms with Gasteiger partial charge in [-0.15, -0.1) is 11.3 Å². The molecule has 0 unspecified atom stereocenters. The first-order valence-corrected chi connectivity index (χ1v) is 10.2. The van der Waals surface area contributed by atoms with Crippen LogP contribution in [0.5, 0.6) is 5.75 Å². The molecule has 0 bridgehead atoms. The van der Waals surface area contributed by atoms with Gasteiger partial charge >= 0.3 is 0 Å². The molecule has 30 heavy (non-hydrogen) atoms. The number of carbonyl (C=O) groups excluding carboxylic acids is 1. The van der Waals surface area contributed by atoms with Gasteiger partial charge in [0.2, 0.25) is 5.91 Å². The van der Waals surface area contributed by atoms with E-state index in [4.69, 9.17) is 4.74 Å². The number of anilines is 3. The third-order valence-corrected chi connectivity index (χ3v) is 5.16. The third-order valence-electron chi connectivity index (χ3n) is 4.41. The smallest absolute Gasteiger partial charge is 0.228 e. The second kappa shape index (κ2) is 9.19. The Morgan fingerprint density at radius 3 is 2.53 bits per heavy atom. The molecule has 2 N–H and O–H groups in total. The van der Waals surface area contributed by atoms with E-state index in [1.165, 1.54) is 11.3 Å². The zero-order valence-corrected chi connectivity index (χ0v) is 17.1. The van der Waals surface area contributed by atoms with Crippen LogP contribution in [0.4, 0.5) is 16.5 Å². The SMILES string of the molecule is COc1ccc(CC(=O)Nc2ccc(-c3csc(Nc4cccnc4)n3)cc2)cc1. The summed E-state index contributed by atoms with van der Waals surface area (Å²) in [6.45, 7) is 0. The van der Waals surface area contributed by atoms with Crippen molar-refractivity contribution in [3.63, 3.8) is 0 Å². The Morgan fingerprint density at radius 2 is 1.83 bits per heavy atom. The molecule has 0 radical (unpaired) electrons. The van der Waals surface area contributed by atoms with Crippen LogP contribution in [0, 0.1) is 0 Å². The molecule has 0 aliphatic heterocycles. The normalized spacial score (nSPS) is 10.4. The molecule has 0 fully saturated rings. The molecule has 0 spiro atoms. The van der Waals surface area contributed by atoms with Crippen LogP contribution >= 0.6 is 11.3 Å². The monoisotopic (exact) mass is 416 g/mol. The number of aromatic nitrogens is 2. The Balaban J connectivity index is 1.36. The van der Waals surface area contributed by atoms with Crippen LogP contribution in [0.3, 0.4) is 0 Å². The van der Waals surface area contributed by atoms with Gasteiger partial charge in [-0.3, -0.25) is 9.78 Å². The summed E-state index contributed by atoms with van der Waals surface area (Å²) in [5.74, 6) is 0.708. The number of pyridine rings is 1. The highest BCUT2D eigenvalue weighted by Gasteiger charge is 2.07. The van der Waals surface area contributed by atoms with E-state index in [2.05, 4.69) is 20.6 Å². The molecule has 0 saturated carbocycles. The van der Waals surface area contributed by atoms with Crippen molar-refractivity contribution in [2.45, 2.75) is 6.42 Å². The van der Waals surface area contributed by atoms with Gasteiger partial charge in [0, 0.05) is 22.8 Å². The van der Waals surface area contributed by atoms with Crippen molar-refractivity contribution < 1.29 is 9.53 Å². The summed E-state index contributed by atoms with van der Waals surface area (Å²) in [5.41, 5.74) is 4.44. The number of nitrogens with one attached hydrogen (secondary N) is 2. The van der Waals surface area contributed by atoms with Crippen molar-refractivity contribution in [1.82, 2.24) is 9.97 Å². The molecule has 2 aromatic carbocycles. The quantitative estimate of drug-likeness (QED) is 0.436. The number of nitrogens with zero attached hydrogens (tertiary/aromatic N) is 2. The summed E-state index contributed by atoms with van der Waals surface area (Å²) in [6.07, 6.45) is 3.79. The van der Waals surface area contributed by atoms with E-state index >= 15 is 0 Å². The van der Waals surface area contributed by atoms with Crippen LogP contribution in [0.15, 0.2) is 78.4 Å². The number of rotatable bonds is 7. The lowest BCUT2D eigenvalue weighted by Crippen LogP contribution is -2.14. The number of hydrogen-bond donors (Lipinski definition) is 2. The predicted molar refractivity (Wildman–Crippen MR) is 120 cm³/mol. The number of carbonyl (C=O) groups is 1. The van der Waals surface area contributed by atoms with Gasteiger partial charge in [-0.25, -0.2) is 4.98 Å². The highest BCUT2D eigenvalue weighted by molar-refractivity contribution is 7.14. The molecule has 2 heterocycles. The Bertz CT molecular complexity index is 1110. The molecular formula is C23H20N4O2S. The van der Waals surface area contributed by atoms with Gasteiger partial charge in [0.25, 0.3) is 0 Å². The highest BCUT2D eigenvalue weighted by atomic mass is 32.1. The van der Waals surface area contributed by atoms with Gasteiger partial charge in [0.1, 0.15) is 5.75 Å². The summed E-state index contributed by atoms with van der Waals surface area (Å²) < 4.78 is 5.14. The summed E-state index contributed by atoms with van der Waals surface area (Å²) in [6, 6.07) is 19.0. The molecule has 0 aliphatic rings. The predicted octanol–water partition coefficient (Wildman–Crippen LogP) is 5.14. The summed E-state index contributed by atoms with van der Waals surface area (Å²) in [7, 11) is 1.62. The highest BCUT2D eigenvalue weighted by Crippen LogP contribution is 2.27. The minimum atomic E-state index is -0.0652. The maximum absolute atomic E-state index is 12.3. The average Bonchev–Trinajstić information content (AvgIpc) is 3.24. The number of benzene rings is 2. The Labute approximate surface area is 178 Å². The van der Waals surface area contributed by atoms with Crippen LogP contribution in [0.2, 0.25) is 0 Å². The number of ether oxygens (including phenoxy) is 1. The molecule has 0 atom stereocenters. The summed E-state index contributed by atoms with van der Waals surface area (Å²) >= 11 is 1.53. The van der Waals surface area contributed by atoms with E-state index in [1.807, 2.05) is 66.0 Å². The molecule has 0 saturated heterocycles. The van der Waals surface area contributed by atoms with Crippen LogP contribution in [0.1, 0.15) is 5.56 Å². The van der Waals surface area contributed by atoms with Crippen molar-refractivity contribution >= 4 is 33.8 Å². The standard InChI is InChI=1S/C23H20N4O2S/c1-29-20-10-4-16(5-11-20)13-22(28)25-18-8-6-17(7-9-18)21-15-30-23(27-21)26-19-3-2-12-24-14-19/h2-12,14-15H,13H2,1H3,(H,25,28)(H,26,27). The lowest BCUT2D eigenvalue weighted by molar-refractivity contribution is -0.115. The summed E-state index contributed by atoms with van der Waals surface area (Å²) in [5, 5.41) is 8.97. The van der Waals surface area contributed by atoms with E-state index < -0.39 is 0 Å². The van der Waals surface area contributed by atoms with Gasteiger partial charge in [0.15, 0.2) is 5.13 Å². The molecule has 7 heteroatoms. The lowest BCUT2D eigenvalue weighted by Gasteiger charge is -2.07. The summed E-state index contributed by atoms with van der Waals surface area (Å²) in [4.78, 5) is 21.0. The Hall–Kier alpha value is -3.71. The zero-order valence-electron chi connectivity index (χ0n) is 16.3. The van der Waals surface area contributed by atoms with Gasteiger partial charge < -0.3 is 15.4 Å². The molecule has 150 valence electrons. The van der Waals surface area contributed by atoms with Crippen LogP contribution in [-0.2, 0) is 11.2 Å². The number of amides is 1. The molecule has 6 nitrogen and oxygen atoms in total. The molecule has 1 amide bonds. The largest absolute Gasteiger partial charge is 0.497 e. The fourth-order valence-corrected chi connectivity index (χ4v) is 3.62. The van der Waals surface area contributed by atoms with E-state index in [0.29, 0.717) is 6.42 Å². The van der Waals surface area contributed by atoms with Crippen LogP contribution in [-0.4, -0.2) is 23.0 Å². The Kier molecular flexibility index (Phi) is 6.01. The van der Waals surface area contributed by atoms with E-state index in [1.54, 1.807) is 19.5 Å². The van der Waals surface area contributed by atoms with Crippen molar-refractivity contribution in [3.8, 4) is 17.0 Å². The van der Waals surface area contributed by atoms with Gasteiger partial charge in [0.05, 0.1) is 31.1 Å². The number of hydrogen-bond acceptors (Lipinski definition) is 6. The maximum atomic E-state index is 12.3. The van der Waals surface area contributed by atoms with Crippen molar-refractivity contribution in [2.24, 2.45) is 0 Å². The van der Waals surface area contributed by atoms with Crippen molar-refractivity contribution in [3.05, 3.63) is 84.0 Å². The second-order valence-corrected chi connectivity index (χ2v) is 7.41. The first kappa shape index (κ1) is 19.6. The van der Waals surface area contributed by atoms with Crippen molar-refractivity contribution in [1.29, 1.82) is 0 Å². The van der Waals surface area contributed by atoms with Crippen molar-refractivity contribution in [2.75, 3.05) is 17.7 Å². The molecule has 4 aromatic rings. The molecule has 0 aliphatic carbocycles. The third kappa shape index (κ3) is 5.01. The van der Waals surface area contributed by atoms with Gasteiger partial charge in [-0.1, -0.05) is 24.3 Å². The lowest BCUT2D eigenvalue weighted by atomic mass is 10.1. The molecular weight excluding hydrogens is 396 g/mol. The zero-order chi connectivity index (χ0) is 20.8. The second-order valence-electron chi connectivity index (χ2n) is 6.55.